The summed E-state index contributed by atoms with van der Waals surface area (Å²) in [5.74, 6) is -0.274. The molecule has 0 fully saturated rings. The van der Waals surface area contributed by atoms with Gasteiger partial charge in [0, 0.05) is 27.6 Å². The van der Waals surface area contributed by atoms with Crippen molar-refractivity contribution in [3.63, 3.8) is 0 Å². The highest BCUT2D eigenvalue weighted by Crippen LogP contribution is 2.24. The Morgan fingerprint density at radius 3 is 1.01 bits per heavy atom. The predicted molar refractivity (Wildman–Crippen MR) is 330 cm³/mol. The zero-order valence-electron chi connectivity index (χ0n) is 51.0. The molecule has 0 aliphatic carbocycles. The fourth-order valence-electron chi connectivity index (χ4n) is 5.54. The number of methoxy groups -OCH3 is 1. The van der Waals surface area contributed by atoms with Gasteiger partial charge in [0.1, 0.15) is 33.0 Å². The molecule has 0 radical (unpaired) electrons. The summed E-state index contributed by atoms with van der Waals surface area (Å²) in [6, 6.07) is 17.0. The second-order valence-electron chi connectivity index (χ2n) is 21.5. The van der Waals surface area contributed by atoms with E-state index in [9.17, 15) is 28.8 Å². The lowest BCUT2D eigenvalue weighted by Gasteiger charge is -2.20. The zero-order valence-corrected chi connectivity index (χ0v) is 54.6. The number of carbonyl (C=O) groups excluding carboxylic acids is 6. The first-order valence-electron chi connectivity index (χ1n) is 27.7. The Morgan fingerprint density at radius 1 is 0.423 bits per heavy atom. The van der Waals surface area contributed by atoms with Gasteiger partial charge in [-0.3, -0.25) is 28.8 Å². The SMILES string of the molecule is CCC(C)(C)C(=O)OC.CCC(C)(C)C(=O)OCCOC(=O)CC(C)S.CCC(C)(C)C(=O)OCCOC(=O)CC(C)S.CCC(C)c1ccc(COC(=O)CC(C)S)cc1.CCC(C)c1ccc(COCCC(C)S)cc1. The minimum Gasteiger partial charge on any atom is -0.469 e. The van der Waals surface area contributed by atoms with Crippen LogP contribution in [0.15, 0.2) is 48.5 Å². The maximum absolute atomic E-state index is 11.5. The molecule has 78 heavy (non-hydrogen) atoms. The largest absolute Gasteiger partial charge is 0.469 e. The number of benzene rings is 2. The number of ether oxygens (including phenoxy) is 7. The molecule has 0 saturated heterocycles. The second-order valence-corrected chi connectivity index (χ2v) is 25.1. The topological polar surface area (TPSA) is 167 Å². The van der Waals surface area contributed by atoms with Gasteiger partial charge in [-0.1, -0.05) is 125 Å². The molecule has 2 aromatic rings. The first kappa shape index (κ1) is 78.8. The predicted octanol–water partition coefficient (Wildman–Crippen LogP) is 14.4. The third kappa shape index (κ3) is 40.7. The van der Waals surface area contributed by atoms with Gasteiger partial charge in [0.15, 0.2) is 0 Å². The second kappa shape index (κ2) is 44.3. The van der Waals surface area contributed by atoms with Gasteiger partial charge in [0.05, 0.1) is 49.2 Å². The fourth-order valence-corrected chi connectivity index (χ4v) is 6.10. The minimum absolute atomic E-state index is 0.0240. The van der Waals surface area contributed by atoms with Crippen LogP contribution in [0, 0.1) is 16.2 Å². The number of thiol groups is 4. The lowest BCUT2D eigenvalue weighted by Crippen LogP contribution is -2.27. The van der Waals surface area contributed by atoms with E-state index in [4.69, 9.17) is 28.4 Å². The van der Waals surface area contributed by atoms with Gasteiger partial charge in [0.2, 0.25) is 0 Å². The molecule has 6 atom stereocenters. The van der Waals surface area contributed by atoms with E-state index < -0.39 is 10.8 Å². The molecule has 0 aliphatic heterocycles. The molecule has 0 aromatic heterocycles. The molecule has 0 N–H and O–H groups in total. The van der Waals surface area contributed by atoms with Crippen molar-refractivity contribution >= 4 is 86.3 Å². The first-order chi connectivity index (χ1) is 36.3. The van der Waals surface area contributed by atoms with Crippen LogP contribution in [0.2, 0.25) is 0 Å². The number of esters is 6. The fraction of sp³-hybridized carbons (Fsp3) is 0.705. The third-order valence-corrected chi connectivity index (χ3v) is 13.5. The van der Waals surface area contributed by atoms with E-state index in [1.54, 1.807) is 0 Å². The molecule has 2 rings (SSSR count). The van der Waals surface area contributed by atoms with Crippen LogP contribution in [0.3, 0.4) is 0 Å². The number of hydrogen-bond acceptors (Lipinski definition) is 17. The van der Waals surface area contributed by atoms with Gasteiger partial charge in [0.25, 0.3) is 0 Å². The summed E-state index contributed by atoms with van der Waals surface area (Å²) in [7, 11) is 1.42. The van der Waals surface area contributed by atoms with Gasteiger partial charge >= 0.3 is 35.8 Å². The highest BCUT2D eigenvalue weighted by Gasteiger charge is 2.28. The molecule has 0 heterocycles. The third-order valence-electron chi connectivity index (χ3n) is 12.7. The Labute approximate surface area is 494 Å². The van der Waals surface area contributed by atoms with Crippen LogP contribution >= 0.6 is 50.5 Å². The Hall–Kier alpha value is -3.38. The summed E-state index contributed by atoms with van der Waals surface area (Å²) >= 11 is 16.6. The molecule has 17 heteroatoms. The van der Waals surface area contributed by atoms with Gasteiger partial charge in [-0.25, -0.2) is 0 Å². The van der Waals surface area contributed by atoms with Crippen molar-refractivity contribution in [2.24, 2.45) is 16.2 Å². The van der Waals surface area contributed by atoms with Crippen LogP contribution < -0.4 is 0 Å². The summed E-state index contributed by atoms with van der Waals surface area (Å²) < 4.78 is 35.2. The molecule has 450 valence electrons. The zero-order chi connectivity index (χ0) is 60.7. The number of hydrogen-bond donors (Lipinski definition) is 4. The molecular formula is C61H104O13S4. The van der Waals surface area contributed by atoms with Crippen molar-refractivity contribution in [3.05, 3.63) is 70.8 Å². The van der Waals surface area contributed by atoms with E-state index in [0.29, 0.717) is 49.6 Å². The molecule has 0 aliphatic rings. The average Bonchev–Trinajstić information content (AvgIpc) is 3.38. The molecule has 0 spiro atoms. The molecule has 2 aromatic carbocycles. The lowest BCUT2D eigenvalue weighted by molar-refractivity contribution is -0.159. The molecule has 0 saturated carbocycles. The highest BCUT2D eigenvalue weighted by molar-refractivity contribution is 7.81. The molecular weight excluding hydrogens is 1070 g/mol. The maximum Gasteiger partial charge on any atom is 0.311 e. The number of carbonyl (C=O) groups is 6. The highest BCUT2D eigenvalue weighted by atomic mass is 32.1. The number of rotatable bonds is 29. The van der Waals surface area contributed by atoms with E-state index in [1.165, 1.54) is 30.2 Å². The van der Waals surface area contributed by atoms with Crippen molar-refractivity contribution in [1.29, 1.82) is 0 Å². The summed E-state index contributed by atoms with van der Waals surface area (Å²) in [6.45, 7) is 35.6. The van der Waals surface area contributed by atoms with Crippen molar-refractivity contribution in [3.8, 4) is 0 Å². The monoisotopic (exact) mass is 1170 g/mol. The Morgan fingerprint density at radius 2 is 0.731 bits per heavy atom. The smallest absolute Gasteiger partial charge is 0.311 e. The average molecular weight is 1170 g/mol. The molecule has 13 nitrogen and oxygen atoms in total. The molecule has 0 bridgehead atoms. The lowest BCUT2D eigenvalue weighted by atomic mass is 9.91. The van der Waals surface area contributed by atoms with Gasteiger partial charge in [-0.05, 0) is 114 Å². The Balaban J connectivity index is -0.000000914. The Kier molecular flexibility index (Phi) is 44.8. The van der Waals surface area contributed by atoms with Crippen LogP contribution in [-0.4, -0.2) is 97.0 Å². The summed E-state index contributed by atoms with van der Waals surface area (Å²) in [5, 5.41) is 0.418. The van der Waals surface area contributed by atoms with Crippen LogP contribution in [0.25, 0.3) is 0 Å². The van der Waals surface area contributed by atoms with Crippen molar-refractivity contribution in [1.82, 2.24) is 0 Å². The van der Waals surface area contributed by atoms with Crippen LogP contribution in [-0.2, 0) is 75.1 Å². The van der Waals surface area contributed by atoms with Crippen molar-refractivity contribution < 1.29 is 61.9 Å². The quantitative estimate of drug-likeness (QED) is 0.0263. The van der Waals surface area contributed by atoms with E-state index in [2.05, 4.69) is 126 Å². The van der Waals surface area contributed by atoms with E-state index in [-0.39, 0.29) is 96.2 Å². The van der Waals surface area contributed by atoms with Crippen molar-refractivity contribution in [2.45, 2.75) is 222 Å². The Bertz CT molecular complexity index is 1880. The van der Waals surface area contributed by atoms with Gasteiger partial charge in [-0.15, -0.1) is 0 Å². The summed E-state index contributed by atoms with van der Waals surface area (Å²) in [5.41, 5.74) is 3.75. The van der Waals surface area contributed by atoms with Gasteiger partial charge < -0.3 is 33.2 Å². The normalized spacial score (nSPS) is 13.4. The standard InChI is InChI=1S/C15H22O2S.C15H24OS.2C12H22O4S.C7H14O2/c1-4-11(2)14-7-5-13(6-8-14)10-17-15(16)9-12(3)18;1-4-12(2)15-7-5-14(6-8-15)11-16-10-9-13(3)17;2*1-5-12(3,4)11(14)16-7-6-15-10(13)8-9(2)17;1-5-7(2,3)6(8)9-4/h5-8,11-12,18H,4,9-10H2,1-3H3;5-8,12-13,17H,4,9-11H2,1-3H3;2*9,17H,5-8H2,1-4H3;5H2,1-4H3. The van der Waals surface area contributed by atoms with E-state index >= 15 is 0 Å². The van der Waals surface area contributed by atoms with Crippen LogP contribution in [0.4, 0.5) is 0 Å². The molecule has 0 amide bonds. The molecule has 6 unspecified atom stereocenters. The summed E-state index contributed by atoms with van der Waals surface area (Å²) in [6.07, 6.45) is 6.45. The minimum atomic E-state index is -0.483. The van der Waals surface area contributed by atoms with Crippen molar-refractivity contribution in [2.75, 3.05) is 40.1 Å². The summed E-state index contributed by atoms with van der Waals surface area (Å²) in [4.78, 5) is 67.6. The van der Waals surface area contributed by atoms with Gasteiger partial charge in [-0.2, -0.15) is 50.5 Å². The van der Waals surface area contributed by atoms with Crippen LogP contribution in [0.5, 0.6) is 0 Å². The van der Waals surface area contributed by atoms with Crippen LogP contribution in [0.1, 0.15) is 210 Å². The van der Waals surface area contributed by atoms with E-state index in [0.717, 1.165) is 31.4 Å². The first-order valence-corrected chi connectivity index (χ1v) is 29.7. The maximum atomic E-state index is 11.5. The van der Waals surface area contributed by atoms with E-state index in [1.807, 2.05) is 95.2 Å².